The van der Waals surface area contributed by atoms with Gasteiger partial charge in [0.1, 0.15) is 11.5 Å². The van der Waals surface area contributed by atoms with Gasteiger partial charge in [0.25, 0.3) is 0 Å². The Labute approximate surface area is 266 Å². The number of thiol groups is 1. The van der Waals surface area contributed by atoms with E-state index in [-0.39, 0.29) is 5.41 Å². The van der Waals surface area contributed by atoms with E-state index in [4.69, 9.17) is 15.2 Å². The lowest BCUT2D eigenvalue weighted by molar-refractivity contribution is 0.278. The van der Waals surface area contributed by atoms with Gasteiger partial charge in [0.2, 0.25) is 0 Å². The van der Waals surface area contributed by atoms with E-state index < -0.39 is 0 Å². The van der Waals surface area contributed by atoms with Crippen LogP contribution >= 0.6 is 12.6 Å². The van der Waals surface area contributed by atoms with Crippen molar-refractivity contribution in [3.8, 4) is 11.5 Å². The second-order valence-electron chi connectivity index (χ2n) is 10.7. The van der Waals surface area contributed by atoms with Crippen molar-refractivity contribution in [3.05, 3.63) is 114 Å². The molecule has 0 radical (unpaired) electrons. The molecule has 0 saturated carbocycles. The summed E-state index contributed by atoms with van der Waals surface area (Å²) in [6.45, 7) is 14.5. The molecule has 2 atom stereocenters. The van der Waals surface area contributed by atoms with Crippen LogP contribution in [0.5, 0.6) is 11.5 Å². The van der Waals surface area contributed by atoms with Crippen molar-refractivity contribution in [2.75, 3.05) is 58.6 Å². The summed E-state index contributed by atoms with van der Waals surface area (Å²) in [6.07, 6.45) is 6.00. The first-order chi connectivity index (χ1) is 20.8. The van der Waals surface area contributed by atoms with Gasteiger partial charge in [-0.15, -0.1) is 6.58 Å². The standard InChI is InChI=1S/C19H22N2.C10H15NO2.C6H11N.CH4S/c1-14-8-10-15(11-9-14)19-12-13-20(2)18(19)21(3)17-7-5-4-6-16(17)19;1-12-9-3-5-10(6-4-9)13-8-2-7-11;1-4-5-7-6(2)3;1-2/h4-11,18H,12-13H2,1-3H3;3-6H,2,7-8,11H2,1H3;4,7H,1-2,5H2,3H3;2H,1H3/t18?,19-;;;/m0.../s1. The quantitative estimate of drug-likeness (QED) is 0.144. The Bertz CT molecular complexity index is 1250. The van der Waals surface area contributed by atoms with Crippen molar-refractivity contribution < 1.29 is 9.47 Å². The number of rotatable bonds is 9. The fourth-order valence-corrected chi connectivity index (χ4v) is 5.66. The van der Waals surface area contributed by atoms with Gasteiger partial charge in [-0.2, -0.15) is 12.6 Å². The van der Waals surface area contributed by atoms with Gasteiger partial charge in [0.15, 0.2) is 0 Å². The van der Waals surface area contributed by atoms with Crippen molar-refractivity contribution in [2.45, 2.75) is 38.3 Å². The third kappa shape index (κ3) is 9.30. The van der Waals surface area contributed by atoms with E-state index in [1.54, 1.807) is 19.4 Å². The van der Waals surface area contributed by atoms with Crippen molar-refractivity contribution >= 4 is 18.3 Å². The number of benzene rings is 3. The smallest absolute Gasteiger partial charge is 0.119 e. The SMILES string of the molecule is C=CCNC(=C)C.COc1ccc(OCCCN)cc1.CS.Cc1ccc([C@]23CCN(C)C2N(C)c2ccccc23)cc1. The summed E-state index contributed by atoms with van der Waals surface area (Å²) in [5, 5.41) is 2.98. The highest BCUT2D eigenvalue weighted by molar-refractivity contribution is 7.79. The highest BCUT2D eigenvalue weighted by Crippen LogP contribution is 2.54. The van der Waals surface area contributed by atoms with Crippen LogP contribution in [0.15, 0.2) is 97.7 Å². The number of anilines is 1. The zero-order valence-corrected chi connectivity index (χ0v) is 27.9. The lowest BCUT2D eigenvalue weighted by Gasteiger charge is -2.35. The van der Waals surface area contributed by atoms with Crippen LogP contribution in [0, 0.1) is 6.92 Å². The Morgan fingerprint density at radius 3 is 2.23 bits per heavy atom. The van der Waals surface area contributed by atoms with E-state index in [1.165, 1.54) is 28.8 Å². The molecule has 1 unspecified atom stereocenters. The Morgan fingerprint density at radius 1 is 1.05 bits per heavy atom. The van der Waals surface area contributed by atoms with Crippen molar-refractivity contribution in [1.29, 1.82) is 0 Å². The van der Waals surface area contributed by atoms with Crippen molar-refractivity contribution in [3.63, 3.8) is 0 Å². The Kier molecular flexibility index (Phi) is 15.2. The minimum absolute atomic E-state index is 0.119. The number of methoxy groups -OCH3 is 1. The fourth-order valence-electron chi connectivity index (χ4n) is 5.66. The summed E-state index contributed by atoms with van der Waals surface area (Å²) in [6, 6.07) is 25.6. The molecule has 0 bridgehead atoms. The van der Waals surface area contributed by atoms with E-state index >= 15 is 0 Å². The van der Waals surface area contributed by atoms with Crippen LogP contribution in [-0.4, -0.2) is 64.8 Å². The largest absolute Gasteiger partial charge is 0.497 e. The molecule has 7 heteroatoms. The molecule has 0 aliphatic carbocycles. The summed E-state index contributed by atoms with van der Waals surface area (Å²) < 4.78 is 10.4. The zero-order valence-electron chi connectivity index (χ0n) is 27.0. The molecular formula is C36H52N4O2S. The highest BCUT2D eigenvalue weighted by Gasteiger charge is 2.55. The average molecular weight is 605 g/mol. The minimum atomic E-state index is 0.119. The molecule has 0 aromatic heterocycles. The van der Waals surface area contributed by atoms with Crippen LogP contribution in [0.1, 0.15) is 36.5 Å². The zero-order chi connectivity index (χ0) is 31.8. The van der Waals surface area contributed by atoms with Crippen LogP contribution in [0.25, 0.3) is 0 Å². The predicted octanol–water partition coefficient (Wildman–Crippen LogP) is 6.66. The van der Waals surface area contributed by atoms with E-state index in [1.807, 2.05) is 31.2 Å². The molecule has 3 aromatic rings. The molecule has 43 heavy (non-hydrogen) atoms. The molecule has 2 aliphatic rings. The van der Waals surface area contributed by atoms with Gasteiger partial charge in [-0.3, -0.25) is 4.90 Å². The highest BCUT2D eigenvalue weighted by atomic mass is 32.1. The summed E-state index contributed by atoms with van der Waals surface area (Å²) in [5.41, 5.74) is 12.1. The van der Waals surface area contributed by atoms with E-state index in [0.29, 0.717) is 19.3 Å². The number of para-hydroxylation sites is 1. The van der Waals surface area contributed by atoms with Crippen molar-refractivity contribution in [2.24, 2.45) is 5.73 Å². The maximum absolute atomic E-state index is 5.41. The Hall–Kier alpha value is -3.39. The van der Waals surface area contributed by atoms with Crippen LogP contribution in [0.3, 0.4) is 0 Å². The first kappa shape index (κ1) is 35.8. The van der Waals surface area contributed by atoms with Gasteiger partial charge in [0.05, 0.1) is 25.3 Å². The Morgan fingerprint density at radius 2 is 1.67 bits per heavy atom. The van der Waals surface area contributed by atoms with Gasteiger partial charge in [0, 0.05) is 31.5 Å². The number of hydrogen-bond acceptors (Lipinski definition) is 7. The first-order valence-electron chi connectivity index (χ1n) is 14.8. The molecule has 234 valence electrons. The number of ether oxygens (including phenoxy) is 2. The summed E-state index contributed by atoms with van der Waals surface area (Å²) in [4.78, 5) is 4.96. The number of aryl methyl sites for hydroxylation is 1. The van der Waals surface area contributed by atoms with E-state index in [9.17, 15) is 0 Å². The molecule has 5 rings (SSSR count). The third-order valence-corrected chi connectivity index (χ3v) is 7.64. The van der Waals surface area contributed by atoms with Crippen LogP contribution in [0.4, 0.5) is 5.69 Å². The van der Waals surface area contributed by atoms with E-state index in [2.05, 4.69) is 110 Å². The van der Waals surface area contributed by atoms with Crippen LogP contribution < -0.4 is 25.4 Å². The molecule has 0 amide bonds. The summed E-state index contributed by atoms with van der Waals surface area (Å²) in [7, 11) is 6.13. The normalized spacial score (nSPS) is 17.9. The molecular weight excluding hydrogens is 552 g/mol. The molecule has 2 heterocycles. The van der Waals surface area contributed by atoms with Gasteiger partial charge >= 0.3 is 0 Å². The van der Waals surface area contributed by atoms with Gasteiger partial charge in [-0.25, -0.2) is 0 Å². The third-order valence-electron chi connectivity index (χ3n) is 7.64. The number of allylic oxidation sites excluding steroid dienone is 1. The predicted molar refractivity (Wildman–Crippen MR) is 188 cm³/mol. The number of nitrogens with two attached hydrogens (primary N) is 1. The average Bonchev–Trinajstić information content (AvgIpc) is 3.52. The number of fused-ring (bicyclic) bond motifs is 3. The van der Waals surface area contributed by atoms with Gasteiger partial charge < -0.3 is 25.4 Å². The molecule has 1 saturated heterocycles. The van der Waals surface area contributed by atoms with Gasteiger partial charge in [-0.05, 0) is 88.0 Å². The van der Waals surface area contributed by atoms with Gasteiger partial charge in [-0.1, -0.05) is 60.7 Å². The molecule has 3 N–H and O–H groups in total. The van der Waals surface area contributed by atoms with Crippen LogP contribution in [0.2, 0.25) is 0 Å². The first-order valence-corrected chi connectivity index (χ1v) is 15.7. The van der Waals surface area contributed by atoms with Crippen LogP contribution in [-0.2, 0) is 5.41 Å². The molecule has 6 nitrogen and oxygen atoms in total. The van der Waals surface area contributed by atoms with Crippen molar-refractivity contribution in [1.82, 2.24) is 10.2 Å². The number of nitrogens with zero attached hydrogens (tertiary/aromatic N) is 2. The molecule has 2 aliphatic heterocycles. The molecule has 0 spiro atoms. The lowest BCUT2D eigenvalue weighted by atomic mass is 9.73. The second kappa shape index (κ2) is 18.3. The maximum Gasteiger partial charge on any atom is 0.119 e. The second-order valence-corrected chi connectivity index (χ2v) is 10.7. The Balaban J connectivity index is 0.000000252. The summed E-state index contributed by atoms with van der Waals surface area (Å²) in [5.74, 6) is 1.69. The number of likely N-dealkylation sites (tertiary alicyclic amines) is 1. The fraction of sp³-hybridized carbons (Fsp3) is 0.389. The summed E-state index contributed by atoms with van der Waals surface area (Å²) >= 11 is 3.53. The number of hydrogen-bond donors (Lipinski definition) is 3. The maximum atomic E-state index is 5.41. The lowest BCUT2D eigenvalue weighted by Crippen LogP contribution is -2.47. The number of nitrogens with one attached hydrogen (secondary N) is 1. The topological polar surface area (TPSA) is 63.0 Å². The molecule has 3 aromatic carbocycles. The molecule has 1 fully saturated rings. The monoisotopic (exact) mass is 604 g/mol. The minimum Gasteiger partial charge on any atom is -0.497 e. The number of likely N-dealkylation sites (N-methyl/N-ethyl adjacent to an activating group) is 2. The van der Waals surface area contributed by atoms with E-state index in [0.717, 1.165) is 36.7 Å².